The van der Waals surface area contributed by atoms with E-state index in [1.165, 1.54) is 19.3 Å². The van der Waals surface area contributed by atoms with Crippen molar-refractivity contribution in [3.63, 3.8) is 0 Å². The number of rotatable bonds is 5. The highest BCUT2D eigenvalue weighted by Gasteiger charge is 2.26. The number of nitrogens with zero attached hydrogens (tertiary/aromatic N) is 3. The number of aliphatic hydroxyl groups excluding tert-OH is 1. The molecule has 2 heterocycles. The van der Waals surface area contributed by atoms with Crippen LogP contribution in [0, 0.1) is 0 Å². The Labute approximate surface area is 138 Å². The minimum absolute atomic E-state index is 0.0925. The monoisotopic (exact) mass is 329 g/mol. The number of imidazole rings is 1. The maximum absolute atomic E-state index is 9.87. The third-order valence-electron chi connectivity index (χ3n) is 4.36. The van der Waals surface area contributed by atoms with Gasteiger partial charge in [0, 0.05) is 11.5 Å². The summed E-state index contributed by atoms with van der Waals surface area (Å²) in [4.78, 5) is 5.58. The van der Waals surface area contributed by atoms with Crippen LogP contribution < -0.4 is 4.74 Å². The average molecular weight is 329 g/mol. The summed E-state index contributed by atoms with van der Waals surface area (Å²) in [6.45, 7) is 2.46. The molecule has 1 aromatic carbocycles. The molecule has 1 N–H and O–H groups in total. The number of fused-ring (bicyclic) bond motifs is 1. The lowest BCUT2D eigenvalue weighted by molar-refractivity contribution is 0.274. The second-order valence-corrected chi connectivity index (χ2v) is 6.74. The van der Waals surface area contributed by atoms with Gasteiger partial charge in [-0.05, 0) is 31.9 Å². The molecule has 0 atom stereocenters. The normalized spacial score (nSPS) is 15.0. The van der Waals surface area contributed by atoms with Crippen molar-refractivity contribution >= 4 is 16.3 Å². The van der Waals surface area contributed by atoms with Gasteiger partial charge in [-0.25, -0.2) is 9.50 Å². The topological polar surface area (TPSA) is 59.7 Å². The molecule has 0 aliphatic heterocycles. The maximum Gasteiger partial charge on any atom is 0.213 e. The SMILES string of the molecule is CCOc1ccccc1-c1nc2sc(C3CCC3)nn2c1CO. The molecule has 23 heavy (non-hydrogen) atoms. The molecule has 0 spiro atoms. The highest BCUT2D eigenvalue weighted by Crippen LogP contribution is 2.40. The first-order valence-electron chi connectivity index (χ1n) is 8.03. The van der Waals surface area contributed by atoms with Crippen LogP contribution in [0.3, 0.4) is 0 Å². The van der Waals surface area contributed by atoms with E-state index in [-0.39, 0.29) is 6.61 Å². The highest BCUT2D eigenvalue weighted by molar-refractivity contribution is 7.16. The van der Waals surface area contributed by atoms with Gasteiger partial charge >= 0.3 is 0 Å². The van der Waals surface area contributed by atoms with E-state index in [0.29, 0.717) is 12.5 Å². The summed E-state index contributed by atoms with van der Waals surface area (Å²) >= 11 is 1.63. The quantitative estimate of drug-likeness (QED) is 0.777. The van der Waals surface area contributed by atoms with Gasteiger partial charge < -0.3 is 9.84 Å². The van der Waals surface area contributed by atoms with Gasteiger partial charge in [0.15, 0.2) is 0 Å². The molecule has 0 radical (unpaired) electrons. The van der Waals surface area contributed by atoms with Crippen molar-refractivity contribution in [2.24, 2.45) is 0 Å². The molecule has 4 rings (SSSR count). The van der Waals surface area contributed by atoms with Crippen molar-refractivity contribution in [2.75, 3.05) is 6.61 Å². The van der Waals surface area contributed by atoms with E-state index in [1.54, 1.807) is 15.9 Å². The van der Waals surface area contributed by atoms with Gasteiger partial charge in [-0.3, -0.25) is 0 Å². The summed E-state index contributed by atoms with van der Waals surface area (Å²) in [5, 5.41) is 15.7. The zero-order chi connectivity index (χ0) is 15.8. The van der Waals surface area contributed by atoms with Crippen molar-refractivity contribution in [1.29, 1.82) is 0 Å². The Hall–Kier alpha value is -1.92. The Bertz CT molecular complexity index is 836. The van der Waals surface area contributed by atoms with Crippen LogP contribution in [0.1, 0.15) is 42.8 Å². The maximum atomic E-state index is 9.87. The van der Waals surface area contributed by atoms with Gasteiger partial charge in [-0.2, -0.15) is 5.10 Å². The summed E-state index contributed by atoms with van der Waals surface area (Å²) in [5.41, 5.74) is 2.39. The first-order chi connectivity index (χ1) is 11.3. The lowest BCUT2D eigenvalue weighted by Gasteiger charge is -2.22. The lowest BCUT2D eigenvalue weighted by Crippen LogP contribution is -2.09. The molecule has 0 saturated heterocycles. The summed E-state index contributed by atoms with van der Waals surface area (Å²) in [7, 11) is 0. The fraction of sp³-hybridized carbons (Fsp3) is 0.412. The Morgan fingerprint density at radius 1 is 1.35 bits per heavy atom. The molecule has 0 amide bonds. The van der Waals surface area contributed by atoms with E-state index in [0.717, 1.165) is 32.7 Å². The highest BCUT2D eigenvalue weighted by atomic mass is 32.1. The largest absolute Gasteiger partial charge is 0.493 e. The number of hydrogen-bond donors (Lipinski definition) is 1. The molecular formula is C17H19N3O2S. The summed E-state index contributed by atoms with van der Waals surface area (Å²) in [5.74, 6) is 1.36. The zero-order valence-corrected chi connectivity index (χ0v) is 13.8. The van der Waals surface area contributed by atoms with Gasteiger partial charge in [0.05, 0.1) is 18.9 Å². The van der Waals surface area contributed by atoms with Gasteiger partial charge in [-0.15, -0.1) is 0 Å². The van der Waals surface area contributed by atoms with Crippen LogP contribution in [0.25, 0.3) is 16.2 Å². The van der Waals surface area contributed by atoms with Crippen molar-refractivity contribution in [1.82, 2.24) is 14.6 Å². The summed E-state index contributed by atoms with van der Waals surface area (Å²) < 4.78 is 7.51. The predicted octanol–water partition coefficient (Wildman–Crippen LogP) is 3.62. The Morgan fingerprint density at radius 2 is 2.17 bits per heavy atom. The van der Waals surface area contributed by atoms with Gasteiger partial charge in [0.25, 0.3) is 0 Å². The molecule has 3 aromatic rings. The predicted molar refractivity (Wildman–Crippen MR) is 90.0 cm³/mol. The third-order valence-corrected chi connectivity index (χ3v) is 5.43. The number of benzene rings is 1. The van der Waals surface area contributed by atoms with E-state index in [4.69, 9.17) is 14.8 Å². The van der Waals surface area contributed by atoms with Crippen LogP contribution in [0.2, 0.25) is 0 Å². The van der Waals surface area contributed by atoms with Crippen LogP contribution in [0.4, 0.5) is 0 Å². The second-order valence-electron chi connectivity index (χ2n) is 5.76. The van der Waals surface area contributed by atoms with Crippen molar-refractivity contribution in [3.05, 3.63) is 35.0 Å². The Balaban J connectivity index is 1.82. The van der Waals surface area contributed by atoms with Gasteiger partial charge in [0.2, 0.25) is 4.96 Å². The number of aromatic nitrogens is 3. The minimum Gasteiger partial charge on any atom is -0.493 e. The van der Waals surface area contributed by atoms with E-state index in [2.05, 4.69) is 0 Å². The molecule has 1 fully saturated rings. The smallest absolute Gasteiger partial charge is 0.213 e. The van der Waals surface area contributed by atoms with Crippen LogP contribution in [0.5, 0.6) is 5.75 Å². The van der Waals surface area contributed by atoms with E-state index < -0.39 is 0 Å². The van der Waals surface area contributed by atoms with Crippen molar-refractivity contribution in [2.45, 2.75) is 38.7 Å². The molecule has 5 nitrogen and oxygen atoms in total. The number of hydrogen-bond acceptors (Lipinski definition) is 5. The molecule has 1 saturated carbocycles. The average Bonchev–Trinajstić information content (AvgIpc) is 3.03. The molecule has 1 aliphatic rings. The van der Waals surface area contributed by atoms with Crippen molar-refractivity contribution in [3.8, 4) is 17.0 Å². The molecule has 6 heteroatoms. The van der Waals surface area contributed by atoms with Gasteiger partial charge in [-0.1, -0.05) is 29.9 Å². The molecule has 2 aromatic heterocycles. The van der Waals surface area contributed by atoms with Crippen LogP contribution >= 0.6 is 11.3 Å². The molecule has 0 unspecified atom stereocenters. The van der Waals surface area contributed by atoms with Gasteiger partial charge in [0.1, 0.15) is 16.5 Å². The van der Waals surface area contributed by atoms with E-state index >= 15 is 0 Å². The van der Waals surface area contributed by atoms with E-state index in [9.17, 15) is 5.11 Å². The van der Waals surface area contributed by atoms with Crippen LogP contribution in [-0.2, 0) is 6.61 Å². The first kappa shape index (κ1) is 14.7. The number of aliphatic hydroxyl groups is 1. The molecular weight excluding hydrogens is 310 g/mol. The summed E-state index contributed by atoms with van der Waals surface area (Å²) in [6, 6.07) is 7.81. The fourth-order valence-corrected chi connectivity index (χ4v) is 4.01. The first-order valence-corrected chi connectivity index (χ1v) is 8.84. The minimum atomic E-state index is -0.0925. The van der Waals surface area contributed by atoms with E-state index in [1.807, 2.05) is 31.2 Å². The standard InChI is InChI=1S/C17H19N3O2S/c1-2-22-14-9-4-3-8-12(14)15-13(10-21)20-17(18-15)23-16(19-20)11-6-5-7-11/h3-4,8-9,11,21H,2,5-7,10H2,1H3. The van der Waals surface area contributed by atoms with Crippen molar-refractivity contribution < 1.29 is 9.84 Å². The Kier molecular flexibility index (Phi) is 3.79. The molecule has 120 valence electrons. The second kappa shape index (κ2) is 5.94. The lowest BCUT2D eigenvalue weighted by atomic mass is 9.86. The third kappa shape index (κ3) is 2.42. The van der Waals surface area contributed by atoms with Crippen LogP contribution in [0.15, 0.2) is 24.3 Å². The molecule has 0 bridgehead atoms. The fourth-order valence-electron chi connectivity index (χ4n) is 2.93. The van der Waals surface area contributed by atoms with Crippen LogP contribution in [-0.4, -0.2) is 26.3 Å². The summed E-state index contributed by atoms with van der Waals surface area (Å²) in [6.07, 6.45) is 3.71. The number of para-hydroxylation sites is 1. The zero-order valence-electron chi connectivity index (χ0n) is 13.0. The molecule has 1 aliphatic carbocycles. The number of ether oxygens (including phenoxy) is 1. The Morgan fingerprint density at radius 3 is 2.87 bits per heavy atom.